The first-order valence-corrected chi connectivity index (χ1v) is 5.06. The highest BCUT2D eigenvalue weighted by Gasteiger charge is 2.08. The largest absolute Gasteiger partial charge is 0.399 e. The van der Waals surface area contributed by atoms with Crippen LogP contribution in [0.5, 0.6) is 0 Å². The Labute approximate surface area is 86.3 Å². The van der Waals surface area contributed by atoms with Crippen molar-refractivity contribution < 1.29 is 9.90 Å². The van der Waals surface area contributed by atoms with E-state index in [9.17, 15) is 4.79 Å². The number of nitrogen functional groups attached to an aromatic ring is 1. The highest BCUT2D eigenvalue weighted by Crippen LogP contribution is 2.24. The molecule has 4 nitrogen and oxygen atoms in total. The molecule has 5 N–H and O–H groups in total. The minimum atomic E-state index is -0.502. The number of carbonyl (C=O) groups is 1. The summed E-state index contributed by atoms with van der Waals surface area (Å²) in [6, 6.07) is 4.98. The molecule has 0 aliphatic rings. The first-order valence-electron chi connectivity index (χ1n) is 4.08. The van der Waals surface area contributed by atoms with Crippen LogP contribution in [0, 0.1) is 0 Å². The van der Waals surface area contributed by atoms with Crippen molar-refractivity contribution in [3.8, 4) is 0 Å². The van der Waals surface area contributed by atoms with Crippen LogP contribution in [0.1, 0.15) is 10.4 Å². The molecule has 0 radical (unpaired) electrons. The smallest absolute Gasteiger partial charge is 0.249 e. The van der Waals surface area contributed by atoms with Gasteiger partial charge in [0.05, 0.1) is 12.2 Å². The molecule has 0 unspecified atom stereocenters. The average Bonchev–Trinajstić information content (AvgIpc) is 2.15. The number of benzene rings is 1. The van der Waals surface area contributed by atoms with Gasteiger partial charge in [-0.2, -0.15) is 0 Å². The van der Waals surface area contributed by atoms with Crippen LogP contribution in [-0.4, -0.2) is 23.4 Å². The van der Waals surface area contributed by atoms with E-state index in [-0.39, 0.29) is 6.61 Å². The minimum absolute atomic E-state index is 0.0627. The molecular formula is C9H12N2O2S. The second-order valence-electron chi connectivity index (χ2n) is 2.69. The highest BCUT2D eigenvalue weighted by molar-refractivity contribution is 7.99. The number of carbonyl (C=O) groups excluding carboxylic acids is 1. The zero-order valence-corrected chi connectivity index (χ0v) is 8.38. The summed E-state index contributed by atoms with van der Waals surface area (Å²) in [7, 11) is 0. The molecule has 0 heterocycles. The van der Waals surface area contributed by atoms with Gasteiger partial charge < -0.3 is 16.6 Å². The summed E-state index contributed by atoms with van der Waals surface area (Å²) < 4.78 is 0. The predicted molar refractivity (Wildman–Crippen MR) is 57.2 cm³/mol. The van der Waals surface area contributed by atoms with Gasteiger partial charge in [-0.1, -0.05) is 0 Å². The second-order valence-corrected chi connectivity index (χ2v) is 3.83. The highest BCUT2D eigenvalue weighted by atomic mass is 32.2. The van der Waals surface area contributed by atoms with Crippen molar-refractivity contribution >= 4 is 23.4 Å². The van der Waals surface area contributed by atoms with Gasteiger partial charge in [0.15, 0.2) is 0 Å². The van der Waals surface area contributed by atoms with Gasteiger partial charge in [0, 0.05) is 16.3 Å². The van der Waals surface area contributed by atoms with Gasteiger partial charge in [-0.25, -0.2) is 0 Å². The Balaban J connectivity index is 2.96. The van der Waals surface area contributed by atoms with Crippen LogP contribution in [0.2, 0.25) is 0 Å². The summed E-state index contributed by atoms with van der Waals surface area (Å²) in [5, 5.41) is 8.65. The molecule has 0 aliphatic carbocycles. The maximum atomic E-state index is 11.0. The van der Waals surface area contributed by atoms with E-state index in [2.05, 4.69) is 0 Å². The van der Waals surface area contributed by atoms with Crippen molar-refractivity contribution in [2.24, 2.45) is 5.73 Å². The number of hydrogen-bond acceptors (Lipinski definition) is 4. The van der Waals surface area contributed by atoms with Crippen molar-refractivity contribution in [2.75, 3.05) is 18.1 Å². The fraction of sp³-hybridized carbons (Fsp3) is 0.222. The average molecular weight is 212 g/mol. The molecule has 1 aromatic rings. The van der Waals surface area contributed by atoms with Gasteiger partial charge in [0.1, 0.15) is 0 Å². The van der Waals surface area contributed by atoms with Crippen LogP contribution >= 0.6 is 11.8 Å². The van der Waals surface area contributed by atoms with Crippen LogP contribution in [0.25, 0.3) is 0 Å². The van der Waals surface area contributed by atoms with Gasteiger partial charge in [0.2, 0.25) is 5.91 Å². The maximum absolute atomic E-state index is 11.0. The fourth-order valence-electron chi connectivity index (χ4n) is 1.02. The molecule has 0 spiro atoms. The van der Waals surface area contributed by atoms with E-state index < -0.39 is 5.91 Å². The van der Waals surface area contributed by atoms with E-state index in [0.29, 0.717) is 17.0 Å². The number of aliphatic hydroxyl groups excluding tert-OH is 1. The number of rotatable bonds is 4. The first kappa shape index (κ1) is 10.9. The summed E-state index contributed by atoms with van der Waals surface area (Å²) in [4.78, 5) is 11.8. The summed E-state index contributed by atoms with van der Waals surface area (Å²) in [5.41, 5.74) is 11.6. The molecule has 1 aromatic carbocycles. The molecule has 0 saturated heterocycles. The Morgan fingerprint density at radius 1 is 1.50 bits per heavy atom. The summed E-state index contributed by atoms with van der Waals surface area (Å²) >= 11 is 1.38. The van der Waals surface area contributed by atoms with Crippen LogP contribution in [0.4, 0.5) is 5.69 Å². The van der Waals surface area contributed by atoms with Crippen molar-refractivity contribution in [1.29, 1.82) is 0 Å². The van der Waals surface area contributed by atoms with Crippen molar-refractivity contribution in [2.45, 2.75) is 4.90 Å². The second kappa shape index (κ2) is 4.88. The number of anilines is 1. The quantitative estimate of drug-likeness (QED) is 0.499. The van der Waals surface area contributed by atoms with Crippen LogP contribution < -0.4 is 11.5 Å². The Morgan fingerprint density at radius 2 is 2.21 bits per heavy atom. The summed E-state index contributed by atoms with van der Waals surface area (Å²) in [6.07, 6.45) is 0. The summed E-state index contributed by atoms with van der Waals surface area (Å²) in [5.74, 6) is 0.0298. The SMILES string of the molecule is NC(=O)c1cc(N)ccc1SCCO. The van der Waals surface area contributed by atoms with Gasteiger partial charge in [-0.05, 0) is 18.2 Å². The van der Waals surface area contributed by atoms with Gasteiger partial charge >= 0.3 is 0 Å². The Morgan fingerprint density at radius 3 is 2.79 bits per heavy atom. The molecule has 0 bridgehead atoms. The summed E-state index contributed by atoms with van der Waals surface area (Å²) in [6.45, 7) is 0.0627. The van der Waals surface area contributed by atoms with Crippen molar-refractivity contribution in [1.82, 2.24) is 0 Å². The molecule has 14 heavy (non-hydrogen) atoms. The number of aliphatic hydroxyl groups is 1. The van der Waals surface area contributed by atoms with Crippen molar-refractivity contribution in [3.05, 3.63) is 23.8 Å². The van der Waals surface area contributed by atoms with Gasteiger partial charge in [0.25, 0.3) is 0 Å². The predicted octanol–water partition coefficient (Wildman–Crippen LogP) is 0.452. The Kier molecular flexibility index (Phi) is 3.79. The zero-order valence-electron chi connectivity index (χ0n) is 7.56. The number of nitrogens with two attached hydrogens (primary N) is 2. The van der Waals surface area contributed by atoms with Gasteiger partial charge in [-0.15, -0.1) is 11.8 Å². The number of primary amides is 1. The number of thioether (sulfide) groups is 1. The molecule has 0 saturated carbocycles. The lowest BCUT2D eigenvalue weighted by Crippen LogP contribution is -2.12. The molecule has 0 aromatic heterocycles. The van der Waals surface area contributed by atoms with E-state index >= 15 is 0 Å². The monoisotopic (exact) mass is 212 g/mol. The molecule has 0 aliphatic heterocycles. The molecule has 1 rings (SSSR count). The maximum Gasteiger partial charge on any atom is 0.249 e. The number of amides is 1. The molecule has 0 fully saturated rings. The standard InChI is InChI=1S/C9H12N2O2S/c10-6-1-2-8(14-4-3-12)7(5-6)9(11)13/h1-2,5,12H,3-4,10H2,(H2,11,13). The first-order chi connectivity index (χ1) is 6.65. The molecule has 1 amide bonds. The third kappa shape index (κ3) is 2.65. The lowest BCUT2D eigenvalue weighted by molar-refractivity contribution is 0.0997. The van der Waals surface area contributed by atoms with Crippen molar-refractivity contribution in [3.63, 3.8) is 0 Å². The van der Waals surface area contributed by atoms with Gasteiger partial charge in [-0.3, -0.25) is 4.79 Å². The van der Waals surface area contributed by atoms with E-state index in [1.165, 1.54) is 11.8 Å². The number of hydrogen-bond donors (Lipinski definition) is 3. The van der Waals surface area contributed by atoms with Crippen LogP contribution in [0.15, 0.2) is 23.1 Å². The Hall–Kier alpha value is -1.20. The lowest BCUT2D eigenvalue weighted by atomic mass is 10.2. The third-order valence-corrected chi connectivity index (χ3v) is 2.67. The Bertz CT molecular complexity index is 342. The van der Waals surface area contributed by atoms with E-state index in [0.717, 1.165) is 4.90 Å². The lowest BCUT2D eigenvalue weighted by Gasteiger charge is -2.06. The van der Waals surface area contributed by atoms with E-state index in [1.807, 2.05) is 0 Å². The fourth-order valence-corrected chi connectivity index (χ4v) is 1.81. The molecular weight excluding hydrogens is 200 g/mol. The molecule has 5 heteroatoms. The van der Waals surface area contributed by atoms with E-state index in [1.54, 1.807) is 18.2 Å². The van der Waals surface area contributed by atoms with Crippen LogP contribution in [-0.2, 0) is 0 Å². The zero-order chi connectivity index (χ0) is 10.6. The van der Waals surface area contributed by atoms with Crippen LogP contribution in [0.3, 0.4) is 0 Å². The molecule has 0 atom stereocenters. The third-order valence-electron chi connectivity index (χ3n) is 1.62. The molecule has 76 valence electrons. The van der Waals surface area contributed by atoms with E-state index in [4.69, 9.17) is 16.6 Å². The minimum Gasteiger partial charge on any atom is -0.399 e. The topological polar surface area (TPSA) is 89.3 Å². The normalized spacial score (nSPS) is 10.1.